The number of rotatable bonds is 1. The van der Waals surface area contributed by atoms with Crippen molar-refractivity contribution in [3.05, 3.63) is 34.9 Å². The molecule has 1 fully saturated rings. The molecule has 2 rings (SSSR count). The van der Waals surface area contributed by atoms with Crippen molar-refractivity contribution in [2.24, 2.45) is 5.41 Å². The van der Waals surface area contributed by atoms with E-state index < -0.39 is 23.5 Å². The Kier molecular flexibility index (Phi) is 12.6. The average molecular weight is 602 g/mol. The van der Waals surface area contributed by atoms with E-state index in [1.165, 1.54) is 0 Å². The second-order valence-electron chi connectivity index (χ2n) is 5.50. The number of halogens is 8. The van der Waals surface area contributed by atoms with Crippen molar-refractivity contribution < 1.29 is 22.7 Å². The second kappa shape index (κ2) is 11.7. The Labute approximate surface area is 196 Å². The normalized spacial score (nSPS) is 24.7. The fraction of sp³-hybridized carbons (Fsp3) is 0.455. The Balaban J connectivity index is 0.000000563. The minimum Gasteiger partial charge on any atom is -0.296 e. The molecule has 1 aliphatic heterocycles. The van der Waals surface area contributed by atoms with Crippen LogP contribution in [-0.4, -0.2) is 6.61 Å². The predicted octanol–water partition coefficient (Wildman–Crippen LogP) is 10.4. The molecule has 2 atom stereocenters. The molecule has 1 aromatic rings. The maximum absolute atomic E-state index is 11.7. The van der Waals surface area contributed by atoms with Crippen molar-refractivity contribution >= 4 is 108 Å². The Morgan fingerprint density at radius 1 is 1.04 bits per heavy atom. The van der Waals surface area contributed by atoms with Crippen LogP contribution >= 0.6 is 108 Å². The highest BCUT2D eigenvalue weighted by molar-refractivity contribution is 8.25. The molecule has 1 heterocycles. The molecule has 16 heteroatoms. The zero-order valence-corrected chi connectivity index (χ0v) is 22.2. The lowest BCUT2D eigenvalue weighted by Crippen LogP contribution is -2.32. The van der Waals surface area contributed by atoms with Crippen molar-refractivity contribution in [2.45, 2.75) is 20.0 Å². The first-order valence-electron chi connectivity index (χ1n) is 6.57. The average Bonchev–Trinajstić information content (AvgIpc) is 2.39. The van der Waals surface area contributed by atoms with Gasteiger partial charge >= 0.3 is 17.3 Å². The van der Waals surface area contributed by atoms with Gasteiger partial charge in [-0.3, -0.25) is 18.2 Å². The summed E-state index contributed by atoms with van der Waals surface area (Å²) in [6.07, 6.45) is -0.437. The summed E-state index contributed by atoms with van der Waals surface area (Å²) < 4.78 is 41.1. The Morgan fingerprint density at radius 3 is 1.85 bits per heavy atom. The summed E-state index contributed by atoms with van der Waals surface area (Å²) in [4.78, 5) is 0. The van der Waals surface area contributed by atoms with Crippen molar-refractivity contribution in [2.75, 3.05) is 6.61 Å². The summed E-state index contributed by atoms with van der Waals surface area (Å²) in [5.41, 5.74) is 0.441. The minimum absolute atomic E-state index is 0.268. The number of benzene rings is 1. The molecular formula is C11H13Cl8O5P3. The molecule has 1 unspecified atom stereocenters. The molecule has 0 bridgehead atoms. The maximum atomic E-state index is 11.7. The van der Waals surface area contributed by atoms with E-state index in [9.17, 15) is 13.7 Å². The Morgan fingerprint density at radius 2 is 1.44 bits per heavy atom. The van der Waals surface area contributed by atoms with Gasteiger partial charge in [-0.25, -0.2) is 4.57 Å². The highest BCUT2D eigenvalue weighted by atomic mass is 36.1. The first kappa shape index (κ1) is 29.1. The van der Waals surface area contributed by atoms with Gasteiger partial charge in [0.05, 0.1) is 6.61 Å². The topological polar surface area (TPSA) is 69.7 Å². The monoisotopic (exact) mass is 598 g/mol. The van der Waals surface area contributed by atoms with Crippen LogP contribution in [0.2, 0.25) is 5.02 Å². The van der Waals surface area contributed by atoms with Crippen LogP contribution in [0.5, 0.6) is 0 Å². The van der Waals surface area contributed by atoms with Gasteiger partial charge in [0.2, 0.25) is 0 Å². The van der Waals surface area contributed by atoms with Crippen LogP contribution in [0.25, 0.3) is 0 Å². The standard InChI is InChI=1S/C11H13Cl2O3P.2Cl3OP/c1-11(2)7-15-17(13,14)16-10(11)8-5-3-4-6-9(8)12;2*1-5(2,3)4/h3-6,10H,7H2,1-2H3;;/t10?,17-;;/m1../s1. The third-order valence-corrected chi connectivity index (χ3v) is 4.50. The molecular weight excluding hydrogens is 589 g/mol. The molecule has 0 radical (unpaired) electrons. The smallest absolute Gasteiger partial charge is 0.296 e. The van der Waals surface area contributed by atoms with E-state index in [0.717, 1.165) is 5.56 Å². The van der Waals surface area contributed by atoms with Crippen molar-refractivity contribution in [1.29, 1.82) is 0 Å². The van der Waals surface area contributed by atoms with Crippen LogP contribution in [-0.2, 0) is 22.7 Å². The lowest BCUT2D eigenvalue weighted by Gasteiger charge is -2.39. The number of hydrogen-bond donors (Lipinski definition) is 0. The molecule has 1 saturated heterocycles. The zero-order chi connectivity index (χ0) is 21.7. The molecule has 1 aromatic carbocycles. The maximum Gasteiger partial charge on any atom is 0.424 e. The molecule has 0 saturated carbocycles. The minimum atomic E-state index is -3.49. The van der Waals surface area contributed by atoms with E-state index in [2.05, 4.69) is 67.4 Å². The van der Waals surface area contributed by atoms with Crippen LogP contribution in [0.4, 0.5) is 0 Å². The number of hydrogen-bond acceptors (Lipinski definition) is 5. The highest BCUT2D eigenvalue weighted by Gasteiger charge is 2.44. The lowest BCUT2D eigenvalue weighted by molar-refractivity contribution is -0.0202. The molecule has 158 valence electrons. The lowest BCUT2D eigenvalue weighted by atomic mass is 9.83. The van der Waals surface area contributed by atoms with Crippen molar-refractivity contribution in [3.8, 4) is 0 Å². The van der Waals surface area contributed by atoms with Gasteiger partial charge < -0.3 is 0 Å². The molecule has 27 heavy (non-hydrogen) atoms. The van der Waals surface area contributed by atoms with Gasteiger partial charge in [-0.2, -0.15) is 0 Å². The van der Waals surface area contributed by atoms with Gasteiger partial charge in [-0.1, -0.05) is 43.6 Å². The molecule has 0 aromatic heterocycles. The highest BCUT2D eigenvalue weighted by Crippen LogP contribution is 2.64. The van der Waals surface area contributed by atoms with Crippen LogP contribution in [0, 0.1) is 5.41 Å². The van der Waals surface area contributed by atoms with Crippen molar-refractivity contribution in [1.82, 2.24) is 0 Å². The van der Waals surface area contributed by atoms with E-state index >= 15 is 0 Å². The first-order valence-corrected chi connectivity index (χ1v) is 18.2. The van der Waals surface area contributed by atoms with E-state index in [4.69, 9.17) is 31.9 Å². The second-order valence-corrected chi connectivity index (χ2v) is 21.8. The van der Waals surface area contributed by atoms with Gasteiger partial charge in [0.25, 0.3) is 0 Å². The molecule has 1 aliphatic rings. The van der Waals surface area contributed by atoms with E-state index in [1.807, 2.05) is 32.0 Å². The molecule has 0 N–H and O–H groups in total. The van der Waals surface area contributed by atoms with Crippen LogP contribution in [0.15, 0.2) is 24.3 Å². The van der Waals surface area contributed by atoms with E-state index in [0.29, 0.717) is 5.02 Å². The Hall–Kier alpha value is 2.15. The van der Waals surface area contributed by atoms with Crippen LogP contribution < -0.4 is 0 Å². The molecule has 0 aliphatic carbocycles. The summed E-state index contributed by atoms with van der Waals surface area (Å²) >= 11 is 39.5. The third kappa shape index (κ3) is 15.6. The largest absolute Gasteiger partial charge is 0.424 e. The molecule has 0 spiro atoms. The van der Waals surface area contributed by atoms with Crippen LogP contribution in [0.3, 0.4) is 0 Å². The van der Waals surface area contributed by atoms with Gasteiger partial charge in [0, 0.05) is 27.2 Å². The SMILES string of the molecule is CC1(C)CO[P@](=O)(Cl)OC1c1ccccc1Cl.O=P(Cl)(Cl)Cl.O=P(Cl)(Cl)Cl. The third-order valence-electron chi connectivity index (χ3n) is 2.72. The summed E-state index contributed by atoms with van der Waals surface area (Å²) in [6, 6.07) is 7.30. The first-order chi connectivity index (χ1) is 11.8. The van der Waals surface area contributed by atoms with Gasteiger partial charge in [-0.05, 0) is 73.5 Å². The summed E-state index contributed by atoms with van der Waals surface area (Å²) in [7, 11) is 0. The zero-order valence-electron chi connectivity index (χ0n) is 13.5. The van der Waals surface area contributed by atoms with Gasteiger partial charge in [0.1, 0.15) is 6.10 Å². The van der Waals surface area contributed by atoms with Gasteiger partial charge in [-0.15, -0.1) is 0 Å². The predicted molar refractivity (Wildman–Crippen MR) is 119 cm³/mol. The molecule has 5 nitrogen and oxygen atoms in total. The van der Waals surface area contributed by atoms with Gasteiger partial charge in [0.15, 0.2) is 0 Å². The fourth-order valence-electron chi connectivity index (χ4n) is 1.78. The van der Waals surface area contributed by atoms with Crippen molar-refractivity contribution in [3.63, 3.8) is 0 Å². The summed E-state index contributed by atoms with van der Waals surface area (Å²) in [5, 5.41) is -5.87. The van der Waals surface area contributed by atoms with E-state index in [-0.39, 0.29) is 12.0 Å². The van der Waals surface area contributed by atoms with E-state index in [1.54, 1.807) is 6.07 Å². The fourth-order valence-corrected chi connectivity index (χ4v) is 3.60. The summed E-state index contributed by atoms with van der Waals surface area (Å²) in [5.74, 6) is 0. The van der Waals surface area contributed by atoms with Crippen LogP contribution in [0.1, 0.15) is 25.5 Å². The quantitative estimate of drug-likeness (QED) is 0.300. The molecule has 0 amide bonds. The Bertz CT molecular complexity index is 728. The summed E-state index contributed by atoms with van der Waals surface area (Å²) in [6.45, 7) is 0.684.